The Morgan fingerprint density at radius 1 is 0.909 bits per heavy atom. The normalized spacial score (nSPS) is 10.9. The van der Waals surface area contributed by atoms with Gasteiger partial charge in [0.1, 0.15) is 16.4 Å². The van der Waals surface area contributed by atoms with Gasteiger partial charge in [-0.05, 0) is 86.6 Å². The zero-order valence-corrected chi connectivity index (χ0v) is 20.6. The van der Waals surface area contributed by atoms with Crippen molar-refractivity contribution >= 4 is 44.4 Å². The van der Waals surface area contributed by atoms with Crippen LogP contribution in [-0.2, 0) is 10.0 Å². The van der Waals surface area contributed by atoms with E-state index in [2.05, 4.69) is 15.4 Å². The van der Waals surface area contributed by atoms with Crippen molar-refractivity contribution in [1.82, 2.24) is 0 Å². The molecule has 0 aromatic heterocycles. The highest BCUT2D eigenvalue weighted by Crippen LogP contribution is 2.29. The lowest BCUT2D eigenvalue weighted by Crippen LogP contribution is -2.22. The van der Waals surface area contributed by atoms with Gasteiger partial charge in [0.2, 0.25) is 0 Å². The van der Waals surface area contributed by atoms with Crippen LogP contribution >= 0.6 is 12.2 Å². The molecule has 0 aliphatic carbocycles. The largest absolute Gasteiger partial charge is 0.497 e. The topological polar surface area (TPSA) is 88.7 Å². The summed E-state index contributed by atoms with van der Waals surface area (Å²) in [5.74, 6) is 1.06. The quantitative estimate of drug-likeness (QED) is 0.372. The number of sulfonamides is 1. The fourth-order valence-electron chi connectivity index (χ4n) is 3.10. The molecule has 0 radical (unpaired) electrons. The number of hydrogen-bond acceptors (Lipinski definition) is 5. The van der Waals surface area contributed by atoms with Crippen LogP contribution in [0, 0.1) is 13.8 Å². The summed E-state index contributed by atoms with van der Waals surface area (Å²) in [7, 11) is -2.48. The first kappa shape index (κ1) is 24.3. The number of rotatable bonds is 8. The predicted molar refractivity (Wildman–Crippen MR) is 137 cm³/mol. The second kappa shape index (κ2) is 10.5. The van der Waals surface area contributed by atoms with E-state index in [1.165, 1.54) is 13.2 Å². The summed E-state index contributed by atoms with van der Waals surface area (Å²) in [6.45, 7) is 6.36. The number of anilines is 3. The lowest BCUT2D eigenvalue weighted by molar-refractivity contribution is 0.340. The minimum Gasteiger partial charge on any atom is -0.497 e. The number of hydrogen-bond donors (Lipinski definition) is 3. The van der Waals surface area contributed by atoms with Gasteiger partial charge >= 0.3 is 0 Å². The van der Waals surface area contributed by atoms with Crippen LogP contribution < -0.4 is 24.8 Å². The molecular weight excluding hydrogens is 458 g/mol. The maximum Gasteiger partial charge on any atom is 0.264 e. The molecule has 0 aliphatic rings. The van der Waals surface area contributed by atoms with E-state index in [1.807, 2.05) is 39.0 Å². The maximum atomic E-state index is 13.2. The summed E-state index contributed by atoms with van der Waals surface area (Å²) in [6, 6.07) is 17.4. The van der Waals surface area contributed by atoms with Crippen LogP contribution in [0.2, 0.25) is 0 Å². The van der Waals surface area contributed by atoms with Crippen LogP contribution in [0.1, 0.15) is 18.1 Å². The molecule has 0 saturated carbocycles. The van der Waals surface area contributed by atoms with Crippen molar-refractivity contribution in [3.05, 3.63) is 71.8 Å². The summed E-state index contributed by atoms with van der Waals surface area (Å²) in [5.41, 5.74) is 3.67. The van der Waals surface area contributed by atoms with E-state index in [0.29, 0.717) is 29.5 Å². The standard InChI is InChI=1S/C24H27N3O4S2/c1-5-31-19-10-8-18(9-11-19)27-33(28,29)23-15-20(30-4)12-13-21(23)25-24(32)26-22-14-16(2)6-7-17(22)3/h6-15,27H,5H2,1-4H3,(H2,25,26,32). The first-order valence-electron chi connectivity index (χ1n) is 10.3. The number of nitrogens with one attached hydrogen (secondary N) is 3. The van der Waals surface area contributed by atoms with Gasteiger partial charge in [0.15, 0.2) is 5.11 Å². The monoisotopic (exact) mass is 485 g/mol. The third-order valence-electron chi connectivity index (χ3n) is 4.79. The Morgan fingerprint density at radius 3 is 2.24 bits per heavy atom. The van der Waals surface area contributed by atoms with Gasteiger partial charge in [0.05, 0.1) is 19.4 Å². The van der Waals surface area contributed by atoms with Gasteiger partial charge in [-0.3, -0.25) is 4.72 Å². The second-order valence-electron chi connectivity index (χ2n) is 7.32. The average Bonchev–Trinajstić information content (AvgIpc) is 2.78. The van der Waals surface area contributed by atoms with Gasteiger partial charge in [-0.25, -0.2) is 8.42 Å². The summed E-state index contributed by atoms with van der Waals surface area (Å²) in [5, 5.41) is 6.40. The van der Waals surface area contributed by atoms with Gasteiger partial charge in [-0.1, -0.05) is 12.1 Å². The van der Waals surface area contributed by atoms with Crippen LogP contribution in [0.5, 0.6) is 11.5 Å². The Balaban J connectivity index is 1.86. The molecule has 7 nitrogen and oxygen atoms in total. The highest BCUT2D eigenvalue weighted by Gasteiger charge is 2.21. The highest BCUT2D eigenvalue weighted by atomic mass is 32.2. The number of methoxy groups -OCH3 is 1. The minimum atomic E-state index is -3.96. The van der Waals surface area contributed by atoms with Crippen molar-refractivity contribution in [2.75, 3.05) is 29.1 Å². The third kappa shape index (κ3) is 6.36. The fraction of sp³-hybridized carbons (Fsp3) is 0.208. The van der Waals surface area contributed by atoms with E-state index in [9.17, 15) is 8.42 Å². The van der Waals surface area contributed by atoms with Crippen molar-refractivity contribution in [3.8, 4) is 11.5 Å². The minimum absolute atomic E-state index is 0.000786. The molecule has 0 bridgehead atoms. The van der Waals surface area contributed by atoms with Crippen molar-refractivity contribution in [2.24, 2.45) is 0 Å². The molecule has 3 rings (SSSR count). The van der Waals surface area contributed by atoms with Crippen LogP contribution in [0.25, 0.3) is 0 Å². The van der Waals surface area contributed by atoms with Gasteiger partial charge in [0, 0.05) is 17.4 Å². The second-order valence-corrected chi connectivity index (χ2v) is 9.38. The van der Waals surface area contributed by atoms with Crippen molar-refractivity contribution < 1.29 is 17.9 Å². The molecule has 0 saturated heterocycles. The zero-order valence-electron chi connectivity index (χ0n) is 18.9. The van der Waals surface area contributed by atoms with E-state index in [1.54, 1.807) is 36.4 Å². The Bertz CT molecular complexity index is 1240. The smallest absolute Gasteiger partial charge is 0.264 e. The van der Waals surface area contributed by atoms with E-state index in [-0.39, 0.29) is 10.0 Å². The lowest BCUT2D eigenvalue weighted by atomic mass is 10.1. The molecule has 3 N–H and O–H groups in total. The molecule has 3 aromatic rings. The van der Waals surface area contributed by atoms with E-state index < -0.39 is 10.0 Å². The molecule has 0 unspecified atom stereocenters. The Hall–Kier alpha value is -3.30. The molecule has 174 valence electrons. The van der Waals surface area contributed by atoms with Crippen molar-refractivity contribution in [2.45, 2.75) is 25.7 Å². The van der Waals surface area contributed by atoms with Gasteiger partial charge in [0.25, 0.3) is 10.0 Å². The SMILES string of the molecule is CCOc1ccc(NS(=O)(=O)c2cc(OC)ccc2NC(=S)Nc2cc(C)ccc2C)cc1. The maximum absolute atomic E-state index is 13.2. The third-order valence-corrected chi connectivity index (χ3v) is 6.41. The van der Waals surface area contributed by atoms with Crippen LogP contribution in [0.15, 0.2) is 65.6 Å². The number of ether oxygens (including phenoxy) is 2. The Labute approximate surface area is 200 Å². The van der Waals surface area contributed by atoms with Crippen LogP contribution in [0.4, 0.5) is 17.1 Å². The fourth-order valence-corrected chi connectivity index (χ4v) is 4.55. The molecule has 0 aliphatic heterocycles. The molecule has 0 heterocycles. The molecule has 3 aromatic carbocycles. The van der Waals surface area contributed by atoms with E-state index in [0.717, 1.165) is 16.8 Å². The average molecular weight is 486 g/mol. The molecule has 0 atom stereocenters. The van der Waals surface area contributed by atoms with Gasteiger partial charge in [-0.2, -0.15) is 0 Å². The molecule has 33 heavy (non-hydrogen) atoms. The van der Waals surface area contributed by atoms with Gasteiger partial charge < -0.3 is 20.1 Å². The highest BCUT2D eigenvalue weighted by molar-refractivity contribution is 7.93. The predicted octanol–water partition coefficient (Wildman–Crippen LogP) is 5.32. The first-order chi connectivity index (χ1) is 15.7. The van der Waals surface area contributed by atoms with Crippen LogP contribution in [-0.4, -0.2) is 27.2 Å². The summed E-state index contributed by atoms with van der Waals surface area (Å²) >= 11 is 5.45. The molecular formula is C24H27N3O4S2. The van der Waals surface area contributed by atoms with Crippen molar-refractivity contribution in [3.63, 3.8) is 0 Å². The van der Waals surface area contributed by atoms with Crippen molar-refractivity contribution in [1.29, 1.82) is 0 Å². The number of benzene rings is 3. The summed E-state index contributed by atoms with van der Waals surface area (Å²) in [6.07, 6.45) is 0. The molecule has 0 spiro atoms. The Morgan fingerprint density at radius 2 is 1.58 bits per heavy atom. The van der Waals surface area contributed by atoms with Crippen LogP contribution in [0.3, 0.4) is 0 Å². The van der Waals surface area contributed by atoms with E-state index >= 15 is 0 Å². The van der Waals surface area contributed by atoms with E-state index in [4.69, 9.17) is 21.7 Å². The molecule has 0 amide bonds. The summed E-state index contributed by atoms with van der Waals surface area (Å²) < 4.78 is 39.7. The first-order valence-corrected chi connectivity index (χ1v) is 12.2. The molecule has 0 fully saturated rings. The molecule has 9 heteroatoms. The van der Waals surface area contributed by atoms with Gasteiger partial charge in [-0.15, -0.1) is 0 Å². The Kier molecular flexibility index (Phi) is 7.78. The summed E-state index contributed by atoms with van der Waals surface area (Å²) in [4.78, 5) is 0.000786. The lowest BCUT2D eigenvalue weighted by Gasteiger charge is -2.17. The zero-order chi connectivity index (χ0) is 24.0. The number of thiocarbonyl (C=S) groups is 1. The number of aryl methyl sites for hydroxylation is 2.